The summed E-state index contributed by atoms with van der Waals surface area (Å²) in [6.07, 6.45) is 2.40. The van der Waals surface area contributed by atoms with Gasteiger partial charge >= 0.3 is 12.0 Å². The van der Waals surface area contributed by atoms with Gasteiger partial charge in [0.2, 0.25) is 0 Å². The zero-order chi connectivity index (χ0) is 13.4. The number of rotatable bonds is 6. The van der Waals surface area contributed by atoms with Gasteiger partial charge in [0.25, 0.3) is 0 Å². The fourth-order valence-corrected chi connectivity index (χ4v) is 1.21. The van der Waals surface area contributed by atoms with Crippen molar-refractivity contribution in [2.24, 2.45) is 0 Å². The lowest BCUT2D eigenvalue weighted by atomic mass is 10.2. The molecule has 98 valence electrons. The van der Waals surface area contributed by atoms with Gasteiger partial charge in [-0.3, -0.25) is 4.98 Å². The summed E-state index contributed by atoms with van der Waals surface area (Å²) in [4.78, 5) is 25.4. The summed E-state index contributed by atoms with van der Waals surface area (Å²) in [6, 6.07) is 3.18. The Labute approximate surface area is 104 Å². The van der Waals surface area contributed by atoms with Crippen molar-refractivity contribution in [3.63, 3.8) is 0 Å². The maximum atomic E-state index is 11.2. The first-order valence-corrected chi connectivity index (χ1v) is 5.41. The Morgan fingerprint density at radius 1 is 1.39 bits per heavy atom. The molecule has 1 heterocycles. The molecule has 4 N–H and O–H groups in total. The standard InChI is InChI=1S/C11H15N3O4/c15-9(10(16)17)7-14-11(18)13-5-3-8-2-1-4-12-6-8/h1-2,4,6,9,15H,3,5,7H2,(H,16,17)(H2,13,14,18). The van der Waals surface area contributed by atoms with Gasteiger partial charge in [0.1, 0.15) is 0 Å². The van der Waals surface area contributed by atoms with Crippen LogP contribution in [0.4, 0.5) is 4.79 Å². The van der Waals surface area contributed by atoms with Gasteiger partial charge < -0.3 is 20.8 Å². The van der Waals surface area contributed by atoms with Crippen molar-refractivity contribution in [3.8, 4) is 0 Å². The van der Waals surface area contributed by atoms with Crippen molar-refractivity contribution in [3.05, 3.63) is 30.1 Å². The van der Waals surface area contributed by atoms with Gasteiger partial charge in [-0.1, -0.05) is 6.07 Å². The topological polar surface area (TPSA) is 112 Å². The lowest BCUT2D eigenvalue weighted by Crippen LogP contribution is -2.42. The molecule has 0 aliphatic heterocycles. The van der Waals surface area contributed by atoms with Crippen LogP contribution >= 0.6 is 0 Å². The number of amides is 2. The lowest BCUT2D eigenvalue weighted by molar-refractivity contribution is -0.146. The molecule has 18 heavy (non-hydrogen) atoms. The van der Waals surface area contributed by atoms with Crippen LogP contribution in [0, 0.1) is 0 Å². The second-order valence-electron chi connectivity index (χ2n) is 3.60. The Morgan fingerprint density at radius 2 is 2.17 bits per heavy atom. The predicted octanol–water partition coefficient (Wildman–Crippen LogP) is -0.631. The minimum absolute atomic E-state index is 0.325. The van der Waals surface area contributed by atoms with Crippen LogP contribution in [0.5, 0.6) is 0 Å². The van der Waals surface area contributed by atoms with E-state index in [1.807, 2.05) is 6.07 Å². The second-order valence-corrected chi connectivity index (χ2v) is 3.60. The Balaban J connectivity index is 2.16. The number of pyridine rings is 1. The number of nitrogens with one attached hydrogen (secondary N) is 2. The van der Waals surface area contributed by atoms with Crippen molar-refractivity contribution in [2.45, 2.75) is 12.5 Å². The largest absolute Gasteiger partial charge is 0.479 e. The molecule has 1 unspecified atom stereocenters. The van der Waals surface area contributed by atoms with Gasteiger partial charge in [-0.15, -0.1) is 0 Å². The summed E-state index contributed by atoms with van der Waals surface area (Å²) in [5.74, 6) is -1.37. The minimum atomic E-state index is -1.59. The summed E-state index contributed by atoms with van der Waals surface area (Å²) >= 11 is 0. The third-order valence-corrected chi connectivity index (χ3v) is 2.16. The molecule has 0 fully saturated rings. The number of aromatic nitrogens is 1. The molecule has 0 radical (unpaired) electrons. The Hall–Kier alpha value is -2.15. The van der Waals surface area contributed by atoms with Crippen molar-refractivity contribution in [1.29, 1.82) is 0 Å². The van der Waals surface area contributed by atoms with Crippen LogP contribution in [0.1, 0.15) is 5.56 Å². The molecule has 1 aromatic rings. The van der Waals surface area contributed by atoms with Crippen LogP contribution in [-0.2, 0) is 11.2 Å². The van der Waals surface area contributed by atoms with Gasteiger partial charge in [0.15, 0.2) is 6.10 Å². The molecular formula is C11H15N3O4. The van der Waals surface area contributed by atoms with Crippen molar-refractivity contribution < 1.29 is 19.8 Å². The maximum Gasteiger partial charge on any atom is 0.334 e. The molecule has 1 aromatic heterocycles. The zero-order valence-electron chi connectivity index (χ0n) is 9.67. The molecule has 7 heteroatoms. The van der Waals surface area contributed by atoms with Crippen molar-refractivity contribution >= 4 is 12.0 Å². The third-order valence-electron chi connectivity index (χ3n) is 2.16. The first-order valence-electron chi connectivity index (χ1n) is 5.41. The Kier molecular flexibility index (Phi) is 5.59. The van der Waals surface area contributed by atoms with E-state index < -0.39 is 18.1 Å². The number of urea groups is 1. The van der Waals surface area contributed by atoms with Crippen LogP contribution in [0.15, 0.2) is 24.5 Å². The Morgan fingerprint density at radius 3 is 2.78 bits per heavy atom. The molecule has 0 aromatic carbocycles. The summed E-state index contributed by atoms with van der Waals surface area (Å²) in [7, 11) is 0. The predicted molar refractivity (Wildman–Crippen MR) is 63.0 cm³/mol. The van der Waals surface area contributed by atoms with E-state index in [4.69, 9.17) is 10.2 Å². The van der Waals surface area contributed by atoms with Crippen LogP contribution in [0.3, 0.4) is 0 Å². The number of carboxylic acid groups (broad SMARTS) is 1. The number of carbonyl (C=O) groups excluding carboxylic acids is 1. The molecule has 2 amide bonds. The fourth-order valence-electron chi connectivity index (χ4n) is 1.21. The molecule has 0 aliphatic carbocycles. The number of carbonyl (C=O) groups is 2. The molecule has 0 saturated carbocycles. The molecule has 0 spiro atoms. The normalized spacial score (nSPS) is 11.6. The molecular weight excluding hydrogens is 238 g/mol. The highest BCUT2D eigenvalue weighted by Crippen LogP contribution is 1.95. The van der Waals surface area contributed by atoms with Gasteiger partial charge in [-0.25, -0.2) is 9.59 Å². The summed E-state index contributed by atoms with van der Waals surface area (Å²) in [6.45, 7) is 0.0781. The summed E-state index contributed by atoms with van der Waals surface area (Å²) < 4.78 is 0. The van der Waals surface area contributed by atoms with E-state index in [9.17, 15) is 9.59 Å². The molecule has 0 aliphatic rings. The Bertz CT molecular complexity index is 397. The summed E-state index contributed by atoms with van der Waals surface area (Å²) in [5, 5.41) is 22.1. The number of aliphatic hydroxyl groups is 1. The van der Waals surface area contributed by atoms with Gasteiger partial charge in [-0.2, -0.15) is 0 Å². The number of hydrogen-bond acceptors (Lipinski definition) is 4. The second kappa shape index (κ2) is 7.23. The van der Waals surface area contributed by atoms with Crippen molar-refractivity contribution in [2.75, 3.05) is 13.1 Å². The number of aliphatic hydroxyl groups excluding tert-OH is 1. The zero-order valence-corrected chi connectivity index (χ0v) is 9.67. The van der Waals surface area contributed by atoms with Gasteiger partial charge in [0.05, 0.1) is 6.54 Å². The van der Waals surface area contributed by atoms with Crippen LogP contribution in [0.2, 0.25) is 0 Å². The van der Waals surface area contributed by atoms with Crippen LogP contribution in [-0.4, -0.2) is 46.4 Å². The van der Waals surface area contributed by atoms with Crippen LogP contribution < -0.4 is 10.6 Å². The quantitative estimate of drug-likeness (QED) is 0.539. The number of carboxylic acids is 1. The number of hydrogen-bond donors (Lipinski definition) is 4. The van der Waals surface area contributed by atoms with E-state index >= 15 is 0 Å². The highest BCUT2D eigenvalue weighted by molar-refractivity contribution is 5.76. The van der Waals surface area contributed by atoms with E-state index in [1.165, 1.54) is 0 Å². The molecule has 1 atom stereocenters. The monoisotopic (exact) mass is 253 g/mol. The van der Waals surface area contributed by atoms with Crippen LogP contribution in [0.25, 0.3) is 0 Å². The third kappa shape index (κ3) is 5.26. The first-order chi connectivity index (χ1) is 8.59. The van der Waals surface area contributed by atoms with Gasteiger partial charge in [-0.05, 0) is 18.1 Å². The highest BCUT2D eigenvalue weighted by Gasteiger charge is 2.13. The minimum Gasteiger partial charge on any atom is -0.479 e. The van der Waals surface area contributed by atoms with E-state index in [0.717, 1.165) is 5.56 Å². The average molecular weight is 253 g/mol. The number of nitrogens with zero attached hydrogens (tertiary/aromatic N) is 1. The summed E-state index contributed by atoms with van der Waals surface area (Å²) in [5.41, 5.74) is 0.989. The van der Waals surface area contributed by atoms with E-state index in [0.29, 0.717) is 13.0 Å². The van der Waals surface area contributed by atoms with Crippen molar-refractivity contribution in [1.82, 2.24) is 15.6 Å². The van der Waals surface area contributed by atoms with Gasteiger partial charge in [0, 0.05) is 18.9 Å². The van der Waals surface area contributed by atoms with E-state index in [1.54, 1.807) is 18.5 Å². The fraction of sp³-hybridized carbons (Fsp3) is 0.364. The van der Waals surface area contributed by atoms with E-state index in [-0.39, 0.29) is 6.54 Å². The average Bonchev–Trinajstić information content (AvgIpc) is 2.37. The molecule has 1 rings (SSSR count). The lowest BCUT2D eigenvalue weighted by Gasteiger charge is -2.09. The molecule has 0 saturated heterocycles. The van der Waals surface area contributed by atoms with E-state index in [2.05, 4.69) is 15.6 Å². The maximum absolute atomic E-state index is 11.2. The number of aliphatic carboxylic acids is 1. The highest BCUT2D eigenvalue weighted by atomic mass is 16.4. The first kappa shape index (κ1) is 13.9. The molecule has 0 bridgehead atoms. The molecule has 7 nitrogen and oxygen atoms in total. The SMILES string of the molecule is O=C(NCCc1cccnc1)NCC(O)C(=O)O. The smallest absolute Gasteiger partial charge is 0.334 e.